The first-order valence-corrected chi connectivity index (χ1v) is 9.05. The van der Waals surface area contributed by atoms with E-state index < -0.39 is 10.0 Å². The quantitative estimate of drug-likeness (QED) is 0.840. The molecule has 2 heterocycles. The highest BCUT2D eigenvalue weighted by molar-refractivity contribution is 7.89. The number of sulfonamides is 1. The fraction of sp³-hybridized carbons (Fsp3) is 0.643. The summed E-state index contributed by atoms with van der Waals surface area (Å²) in [6, 6.07) is 3.91. The Morgan fingerprint density at radius 2 is 1.95 bits per heavy atom. The van der Waals surface area contributed by atoms with Gasteiger partial charge in [0.05, 0.1) is 5.75 Å². The molecule has 0 amide bonds. The van der Waals surface area contributed by atoms with E-state index in [9.17, 15) is 8.42 Å². The summed E-state index contributed by atoms with van der Waals surface area (Å²) in [6.07, 6.45) is 3.40. The molecule has 0 radical (unpaired) electrons. The Bertz CT molecular complexity index is 537. The highest BCUT2D eigenvalue weighted by atomic mass is 32.2. The summed E-state index contributed by atoms with van der Waals surface area (Å²) in [6.45, 7) is 4.92. The standard InChI is InChI=1S/C14H24N4O2S/c1-2-3-10-21(19,20)18-8-6-17(7-9-18)14-5-4-13(11-15)12-16-14/h4-5,12H,2-3,6-11,15H2,1H3. The summed E-state index contributed by atoms with van der Waals surface area (Å²) in [4.78, 5) is 6.51. The molecule has 7 heteroatoms. The second-order valence-corrected chi connectivity index (χ2v) is 7.37. The van der Waals surface area contributed by atoms with Crippen LogP contribution in [0.2, 0.25) is 0 Å². The Balaban J connectivity index is 1.93. The highest BCUT2D eigenvalue weighted by Gasteiger charge is 2.26. The van der Waals surface area contributed by atoms with Crippen LogP contribution < -0.4 is 10.6 Å². The van der Waals surface area contributed by atoms with Crippen molar-refractivity contribution in [1.29, 1.82) is 0 Å². The molecule has 1 saturated heterocycles. The van der Waals surface area contributed by atoms with Crippen LogP contribution in [-0.2, 0) is 16.6 Å². The van der Waals surface area contributed by atoms with Crippen molar-refractivity contribution in [1.82, 2.24) is 9.29 Å². The van der Waals surface area contributed by atoms with Crippen molar-refractivity contribution in [2.24, 2.45) is 5.73 Å². The molecule has 2 N–H and O–H groups in total. The fourth-order valence-electron chi connectivity index (χ4n) is 2.38. The number of anilines is 1. The van der Waals surface area contributed by atoms with E-state index in [4.69, 9.17) is 5.73 Å². The first kappa shape index (κ1) is 16.2. The van der Waals surface area contributed by atoms with Crippen LogP contribution in [0.4, 0.5) is 5.82 Å². The zero-order valence-electron chi connectivity index (χ0n) is 12.5. The predicted octanol–water partition coefficient (Wildman–Crippen LogP) is 0.792. The number of nitrogens with zero attached hydrogens (tertiary/aromatic N) is 3. The third-order valence-electron chi connectivity index (χ3n) is 3.76. The number of hydrogen-bond acceptors (Lipinski definition) is 5. The largest absolute Gasteiger partial charge is 0.354 e. The third-order valence-corrected chi connectivity index (χ3v) is 5.71. The van der Waals surface area contributed by atoms with Gasteiger partial charge in [-0.15, -0.1) is 0 Å². The summed E-state index contributed by atoms with van der Waals surface area (Å²) in [7, 11) is -3.09. The lowest BCUT2D eigenvalue weighted by Gasteiger charge is -2.34. The Morgan fingerprint density at radius 1 is 1.24 bits per heavy atom. The van der Waals surface area contributed by atoms with E-state index in [0.29, 0.717) is 32.7 Å². The summed E-state index contributed by atoms with van der Waals surface area (Å²) in [5.74, 6) is 1.14. The number of nitrogens with two attached hydrogens (primary N) is 1. The normalized spacial score (nSPS) is 17.1. The van der Waals surface area contributed by atoms with Gasteiger partial charge in [-0.25, -0.2) is 13.4 Å². The van der Waals surface area contributed by atoms with Crippen LogP contribution in [-0.4, -0.2) is 49.6 Å². The smallest absolute Gasteiger partial charge is 0.214 e. The first-order chi connectivity index (χ1) is 10.1. The van der Waals surface area contributed by atoms with Crippen molar-refractivity contribution >= 4 is 15.8 Å². The van der Waals surface area contributed by atoms with E-state index in [2.05, 4.69) is 9.88 Å². The van der Waals surface area contributed by atoms with Gasteiger partial charge >= 0.3 is 0 Å². The number of pyridine rings is 1. The van der Waals surface area contributed by atoms with Gasteiger partial charge in [0.25, 0.3) is 0 Å². The topological polar surface area (TPSA) is 79.5 Å². The fourth-order valence-corrected chi connectivity index (χ4v) is 4.01. The number of hydrogen-bond donors (Lipinski definition) is 1. The molecule has 6 nitrogen and oxygen atoms in total. The maximum absolute atomic E-state index is 12.1. The average Bonchev–Trinajstić information content (AvgIpc) is 2.53. The third kappa shape index (κ3) is 4.15. The minimum Gasteiger partial charge on any atom is -0.354 e. The second-order valence-electron chi connectivity index (χ2n) is 5.28. The highest BCUT2D eigenvalue weighted by Crippen LogP contribution is 2.16. The lowest BCUT2D eigenvalue weighted by Crippen LogP contribution is -2.49. The number of piperazine rings is 1. The Morgan fingerprint density at radius 3 is 2.48 bits per heavy atom. The van der Waals surface area contributed by atoms with Crippen LogP contribution in [0.25, 0.3) is 0 Å². The van der Waals surface area contributed by atoms with E-state index in [1.54, 1.807) is 10.5 Å². The summed E-state index contributed by atoms with van der Waals surface area (Å²) in [5, 5.41) is 0. The number of aromatic nitrogens is 1. The molecule has 0 saturated carbocycles. The van der Waals surface area contributed by atoms with E-state index in [0.717, 1.165) is 24.2 Å². The van der Waals surface area contributed by atoms with Gasteiger partial charge in [0.1, 0.15) is 5.82 Å². The van der Waals surface area contributed by atoms with Gasteiger partial charge in [-0.2, -0.15) is 4.31 Å². The van der Waals surface area contributed by atoms with Gasteiger partial charge in [0, 0.05) is 38.9 Å². The lowest BCUT2D eigenvalue weighted by atomic mass is 10.2. The first-order valence-electron chi connectivity index (χ1n) is 7.44. The number of rotatable bonds is 6. The Labute approximate surface area is 127 Å². The minimum absolute atomic E-state index is 0.257. The molecule has 1 aromatic rings. The van der Waals surface area contributed by atoms with Gasteiger partial charge < -0.3 is 10.6 Å². The zero-order valence-corrected chi connectivity index (χ0v) is 13.3. The maximum atomic E-state index is 12.1. The second kappa shape index (κ2) is 7.20. The SMILES string of the molecule is CCCCS(=O)(=O)N1CCN(c2ccc(CN)cn2)CC1. The molecule has 1 aliphatic heterocycles. The van der Waals surface area contributed by atoms with Gasteiger partial charge in [-0.05, 0) is 18.1 Å². The Hall–Kier alpha value is -1.18. The molecule has 21 heavy (non-hydrogen) atoms. The van der Waals surface area contributed by atoms with Crippen molar-refractivity contribution in [2.75, 3.05) is 36.8 Å². The van der Waals surface area contributed by atoms with Crippen LogP contribution >= 0.6 is 0 Å². The predicted molar refractivity (Wildman–Crippen MR) is 84.6 cm³/mol. The van der Waals surface area contributed by atoms with Crippen LogP contribution in [0, 0.1) is 0 Å². The van der Waals surface area contributed by atoms with E-state index >= 15 is 0 Å². The average molecular weight is 312 g/mol. The van der Waals surface area contributed by atoms with Crippen molar-refractivity contribution in [3.63, 3.8) is 0 Å². The lowest BCUT2D eigenvalue weighted by molar-refractivity contribution is 0.383. The molecule has 0 atom stereocenters. The van der Waals surface area contributed by atoms with Crippen molar-refractivity contribution in [3.8, 4) is 0 Å². The molecule has 0 bridgehead atoms. The summed E-state index contributed by atoms with van der Waals surface area (Å²) in [5.41, 5.74) is 6.56. The molecule has 1 aromatic heterocycles. The van der Waals surface area contributed by atoms with Crippen LogP contribution in [0.3, 0.4) is 0 Å². The minimum atomic E-state index is -3.09. The summed E-state index contributed by atoms with van der Waals surface area (Å²) < 4.78 is 25.9. The van der Waals surface area contributed by atoms with Crippen LogP contribution in [0.15, 0.2) is 18.3 Å². The number of unbranched alkanes of at least 4 members (excludes halogenated alkanes) is 1. The van der Waals surface area contributed by atoms with Gasteiger partial charge in [-0.1, -0.05) is 19.4 Å². The molecule has 1 aliphatic rings. The van der Waals surface area contributed by atoms with Crippen molar-refractivity contribution in [3.05, 3.63) is 23.9 Å². The molecular weight excluding hydrogens is 288 g/mol. The molecule has 2 rings (SSSR count). The molecule has 118 valence electrons. The molecule has 1 fully saturated rings. The van der Waals surface area contributed by atoms with Gasteiger partial charge in [-0.3, -0.25) is 0 Å². The molecular formula is C14H24N4O2S. The van der Waals surface area contributed by atoms with Crippen LogP contribution in [0.5, 0.6) is 0 Å². The van der Waals surface area contributed by atoms with Gasteiger partial charge in [0.2, 0.25) is 10.0 Å². The monoisotopic (exact) mass is 312 g/mol. The summed E-state index contributed by atoms with van der Waals surface area (Å²) >= 11 is 0. The van der Waals surface area contributed by atoms with E-state index in [-0.39, 0.29) is 5.75 Å². The van der Waals surface area contributed by atoms with E-state index in [1.807, 2.05) is 19.1 Å². The van der Waals surface area contributed by atoms with E-state index in [1.165, 1.54) is 0 Å². The maximum Gasteiger partial charge on any atom is 0.214 e. The Kier molecular flexibility index (Phi) is 5.55. The molecule has 0 spiro atoms. The zero-order chi connectivity index (χ0) is 15.3. The molecule has 0 aliphatic carbocycles. The molecule has 0 unspecified atom stereocenters. The van der Waals surface area contributed by atoms with Crippen molar-refractivity contribution in [2.45, 2.75) is 26.3 Å². The molecule has 0 aromatic carbocycles. The van der Waals surface area contributed by atoms with Gasteiger partial charge in [0.15, 0.2) is 0 Å². The van der Waals surface area contributed by atoms with Crippen LogP contribution in [0.1, 0.15) is 25.3 Å². The van der Waals surface area contributed by atoms with Crippen molar-refractivity contribution < 1.29 is 8.42 Å².